The van der Waals surface area contributed by atoms with E-state index < -0.39 is 17.5 Å². The molecule has 4 amide bonds. The predicted molar refractivity (Wildman–Crippen MR) is 113 cm³/mol. The van der Waals surface area contributed by atoms with Crippen molar-refractivity contribution in [1.82, 2.24) is 14.7 Å². The molecule has 4 rings (SSSR count). The van der Waals surface area contributed by atoms with Crippen molar-refractivity contribution >= 4 is 17.8 Å². The van der Waals surface area contributed by atoms with Crippen molar-refractivity contribution in [2.45, 2.75) is 38.6 Å². The number of nitrogens with zero attached hydrogens (tertiary/aromatic N) is 3. The first-order chi connectivity index (χ1) is 14.8. The molecular weight excluding hydrogens is 400 g/mol. The van der Waals surface area contributed by atoms with Crippen LogP contribution in [0.3, 0.4) is 0 Å². The Hall–Kier alpha value is -2.81. The summed E-state index contributed by atoms with van der Waals surface area (Å²) in [5.41, 5.74) is 5.61. The Bertz CT molecular complexity index is 881. The van der Waals surface area contributed by atoms with Gasteiger partial charge in [0, 0.05) is 26.2 Å². The third-order valence-corrected chi connectivity index (χ3v) is 6.53. The van der Waals surface area contributed by atoms with Crippen LogP contribution < -0.4 is 15.2 Å². The van der Waals surface area contributed by atoms with Crippen LogP contribution in [-0.2, 0) is 16.0 Å². The van der Waals surface area contributed by atoms with E-state index in [9.17, 15) is 14.4 Å². The van der Waals surface area contributed by atoms with Gasteiger partial charge in [-0.05, 0) is 49.8 Å². The van der Waals surface area contributed by atoms with E-state index in [4.69, 9.17) is 15.2 Å². The minimum absolute atomic E-state index is 0.275. The quantitative estimate of drug-likeness (QED) is 0.652. The number of hydrogen-bond donors (Lipinski definition) is 1. The minimum Gasteiger partial charge on any atom is -0.454 e. The zero-order chi connectivity index (χ0) is 22.2. The summed E-state index contributed by atoms with van der Waals surface area (Å²) in [6, 6.07) is 5.66. The highest BCUT2D eigenvalue weighted by atomic mass is 16.7. The molecule has 2 saturated heterocycles. The molecule has 1 atom stereocenters. The molecule has 3 aliphatic rings. The van der Waals surface area contributed by atoms with Gasteiger partial charge in [-0.2, -0.15) is 0 Å². The maximum Gasteiger partial charge on any atom is 0.328 e. The number of piperidine rings is 1. The Labute approximate surface area is 182 Å². The lowest BCUT2D eigenvalue weighted by Crippen LogP contribution is -2.57. The van der Waals surface area contributed by atoms with Crippen LogP contribution in [0.1, 0.15) is 32.3 Å². The molecule has 0 saturated carbocycles. The van der Waals surface area contributed by atoms with Crippen LogP contribution in [0.15, 0.2) is 18.2 Å². The first-order valence-electron chi connectivity index (χ1n) is 10.9. The van der Waals surface area contributed by atoms with E-state index in [1.54, 1.807) is 4.90 Å². The van der Waals surface area contributed by atoms with Crippen LogP contribution in [0, 0.1) is 5.92 Å². The van der Waals surface area contributed by atoms with Gasteiger partial charge in [0.25, 0.3) is 5.91 Å². The highest BCUT2D eigenvalue weighted by Crippen LogP contribution is 2.37. The molecule has 1 aromatic carbocycles. The highest BCUT2D eigenvalue weighted by Gasteiger charge is 2.57. The van der Waals surface area contributed by atoms with Gasteiger partial charge in [0.05, 0.1) is 0 Å². The molecule has 0 aromatic heterocycles. The standard InChI is InChI=1S/C22H30N4O5/c1-3-26-21(29)25(13-19(23)27)20(28)22(26)6-8-24(9-7-22)12-15(2)10-16-4-5-17-18(11-16)31-14-30-17/h4-5,11,15H,3,6-10,12-14H2,1-2H3,(H2,23,27)/t15-/m0/s1. The van der Waals surface area contributed by atoms with E-state index in [1.165, 1.54) is 5.56 Å². The Kier molecular flexibility index (Phi) is 5.79. The molecule has 1 aromatic rings. The summed E-state index contributed by atoms with van der Waals surface area (Å²) in [7, 11) is 0. The highest BCUT2D eigenvalue weighted by molar-refractivity contribution is 6.09. The molecule has 3 heterocycles. The van der Waals surface area contributed by atoms with Crippen LogP contribution in [0.5, 0.6) is 11.5 Å². The number of fused-ring (bicyclic) bond motifs is 1. The lowest BCUT2D eigenvalue weighted by molar-refractivity contribution is -0.137. The maximum absolute atomic E-state index is 13.1. The molecule has 2 N–H and O–H groups in total. The summed E-state index contributed by atoms with van der Waals surface area (Å²) in [6.45, 7) is 6.79. The molecule has 2 fully saturated rings. The largest absolute Gasteiger partial charge is 0.454 e. The summed E-state index contributed by atoms with van der Waals surface area (Å²) in [5, 5.41) is 0. The monoisotopic (exact) mass is 430 g/mol. The average Bonchev–Trinajstić information content (AvgIpc) is 3.27. The van der Waals surface area contributed by atoms with E-state index in [2.05, 4.69) is 17.9 Å². The van der Waals surface area contributed by atoms with Crippen LogP contribution in [0.25, 0.3) is 0 Å². The molecule has 0 bridgehead atoms. The number of nitrogens with two attached hydrogens (primary N) is 1. The molecule has 0 unspecified atom stereocenters. The fraction of sp³-hybridized carbons (Fsp3) is 0.591. The molecular formula is C22H30N4O5. The van der Waals surface area contributed by atoms with Crippen molar-refractivity contribution in [3.05, 3.63) is 23.8 Å². The zero-order valence-electron chi connectivity index (χ0n) is 18.1. The summed E-state index contributed by atoms with van der Waals surface area (Å²) in [4.78, 5) is 42.1. The van der Waals surface area contributed by atoms with Crippen LogP contribution >= 0.6 is 0 Å². The van der Waals surface area contributed by atoms with Crippen LogP contribution in [-0.4, -0.2) is 77.6 Å². The molecule has 168 valence electrons. The first kappa shape index (κ1) is 21.4. The second kappa shape index (κ2) is 8.37. The molecule has 0 radical (unpaired) electrons. The average molecular weight is 431 g/mol. The van der Waals surface area contributed by atoms with Crippen LogP contribution in [0.4, 0.5) is 4.79 Å². The number of benzene rings is 1. The SMILES string of the molecule is CCN1C(=O)N(CC(N)=O)C(=O)C12CCN(C[C@@H](C)Cc1ccc3c(c1)OCO3)CC2. The van der Waals surface area contributed by atoms with E-state index in [-0.39, 0.29) is 19.2 Å². The third-order valence-electron chi connectivity index (χ3n) is 6.53. The van der Waals surface area contributed by atoms with Crippen molar-refractivity contribution in [2.75, 3.05) is 39.5 Å². The molecule has 31 heavy (non-hydrogen) atoms. The number of likely N-dealkylation sites (N-methyl/N-ethyl adjacent to an activating group) is 1. The number of ether oxygens (including phenoxy) is 2. The van der Waals surface area contributed by atoms with Crippen LogP contribution in [0.2, 0.25) is 0 Å². The second-order valence-corrected chi connectivity index (χ2v) is 8.71. The molecule has 1 spiro atoms. The number of carbonyl (C=O) groups is 3. The molecule has 9 nitrogen and oxygen atoms in total. The van der Waals surface area contributed by atoms with Gasteiger partial charge in [-0.15, -0.1) is 0 Å². The fourth-order valence-electron chi connectivity index (χ4n) is 5.08. The Morgan fingerprint density at radius 1 is 1.19 bits per heavy atom. The first-order valence-corrected chi connectivity index (χ1v) is 10.9. The van der Waals surface area contributed by atoms with Crippen molar-refractivity contribution < 1.29 is 23.9 Å². The Morgan fingerprint density at radius 2 is 1.90 bits per heavy atom. The van der Waals surface area contributed by atoms with E-state index >= 15 is 0 Å². The third kappa shape index (κ3) is 3.94. The molecule has 0 aliphatic carbocycles. The van der Waals surface area contributed by atoms with E-state index in [0.717, 1.165) is 42.5 Å². The smallest absolute Gasteiger partial charge is 0.328 e. The number of urea groups is 1. The molecule has 9 heteroatoms. The van der Waals surface area contributed by atoms with Gasteiger partial charge in [-0.3, -0.25) is 14.5 Å². The number of imide groups is 1. The lowest BCUT2D eigenvalue weighted by atomic mass is 9.85. The zero-order valence-corrected chi connectivity index (χ0v) is 18.1. The van der Waals surface area contributed by atoms with Gasteiger partial charge in [-0.1, -0.05) is 13.0 Å². The van der Waals surface area contributed by atoms with Gasteiger partial charge in [-0.25, -0.2) is 4.79 Å². The van der Waals surface area contributed by atoms with Gasteiger partial charge in [0.1, 0.15) is 12.1 Å². The number of hydrogen-bond acceptors (Lipinski definition) is 6. The fourth-order valence-corrected chi connectivity index (χ4v) is 5.08. The summed E-state index contributed by atoms with van der Waals surface area (Å²) in [6.07, 6.45) is 2.05. The summed E-state index contributed by atoms with van der Waals surface area (Å²) in [5.74, 6) is 1.05. The second-order valence-electron chi connectivity index (χ2n) is 8.71. The lowest BCUT2D eigenvalue weighted by Gasteiger charge is -2.42. The van der Waals surface area contributed by atoms with Gasteiger partial charge in [0.2, 0.25) is 12.7 Å². The van der Waals surface area contributed by atoms with E-state index in [0.29, 0.717) is 25.3 Å². The Morgan fingerprint density at radius 3 is 2.58 bits per heavy atom. The number of primary amides is 1. The normalized spacial score (nSPS) is 21.2. The summed E-state index contributed by atoms with van der Waals surface area (Å²) < 4.78 is 10.8. The summed E-state index contributed by atoms with van der Waals surface area (Å²) >= 11 is 0. The van der Waals surface area contributed by atoms with Crippen molar-refractivity contribution in [3.8, 4) is 11.5 Å². The van der Waals surface area contributed by atoms with Crippen molar-refractivity contribution in [3.63, 3.8) is 0 Å². The van der Waals surface area contributed by atoms with Gasteiger partial charge < -0.3 is 25.0 Å². The van der Waals surface area contributed by atoms with Crippen molar-refractivity contribution in [2.24, 2.45) is 11.7 Å². The number of carbonyl (C=O) groups excluding carboxylic acids is 3. The Balaban J connectivity index is 1.36. The number of amides is 4. The number of likely N-dealkylation sites (tertiary alicyclic amines) is 1. The molecule has 3 aliphatic heterocycles. The topological polar surface area (TPSA) is 105 Å². The van der Waals surface area contributed by atoms with Gasteiger partial charge in [0.15, 0.2) is 11.5 Å². The predicted octanol–water partition coefficient (Wildman–Crippen LogP) is 1.20. The van der Waals surface area contributed by atoms with Gasteiger partial charge >= 0.3 is 6.03 Å². The number of rotatable bonds is 7. The minimum atomic E-state index is -0.849. The van der Waals surface area contributed by atoms with Crippen molar-refractivity contribution in [1.29, 1.82) is 0 Å². The van der Waals surface area contributed by atoms with E-state index in [1.807, 2.05) is 19.1 Å². The maximum atomic E-state index is 13.1.